The molecular formula is C8H20NO7P. The average Bonchev–Trinajstić information content (AvgIpc) is 2.29. The minimum atomic E-state index is -3.72. The molecule has 0 aromatic rings. The predicted octanol–water partition coefficient (Wildman–Crippen LogP) is 0.317. The highest BCUT2D eigenvalue weighted by Gasteiger charge is 2.36. The van der Waals surface area contributed by atoms with Gasteiger partial charge in [-0.3, -0.25) is 18.7 Å². The molecule has 0 rings (SSSR count). The number of aliphatic hydroxyl groups excluding tert-OH is 2. The molecule has 0 spiro atoms. The third kappa shape index (κ3) is 6.44. The van der Waals surface area contributed by atoms with Crippen molar-refractivity contribution in [3.63, 3.8) is 0 Å². The number of aliphatic hydroxyl groups is 2. The summed E-state index contributed by atoms with van der Waals surface area (Å²) < 4.78 is 22.1. The molecule has 0 aliphatic heterocycles. The largest absolute Gasteiger partial charge is 0.456 e. The summed E-state index contributed by atoms with van der Waals surface area (Å²) in [5.41, 5.74) is 0. The fourth-order valence-corrected chi connectivity index (χ4v) is 2.24. The molecular weight excluding hydrogens is 253 g/mol. The van der Waals surface area contributed by atoms with Crippen LogP contribution in [0.1, 0.15) is 13.8 Å². The Labute approximate surface area is 101 Å². The molecule has 8 nitrogen and oxygen atoms in total. The first kappa shape index (κ1) is 16.9. The molecule has 0 bridgehead atoms. The number of nitrogens with zero attached hydrogens (tertiary/aromatic N) is 1. The highest BCUT2D eigenvalue weighted by molar-refractivity contribution is 7.50. The summed E-state index contributed by atoms with van der Waals surface area (Å²) in [5.74, 6) is 0. The smallest absolute Gasteiger partial charge is 0.394 e. The van der Waals surface area contributed by atoms with E-state index in [1.807, 2.05) is 0 Å². The van der Waals surface area contributed by atoms with E-state index in [2.05, 4.69) is 0 Å². The van der Waals surface area contributed by atoms with Crippen molar-refractivity contribution in [3.8, 4) is 0 Å². The molecule has 0 radical (unpaired) electrons. The molecule has 0 unspecified atom stereocenters. The second-order valence-electron chi connectivity index (χ2n) is 2.66. The van der Waals surface area contributed by atoms with Gasteiger partial charge in [0.1, 0.15) is 0 Å². The van der Waals surface area contributed by atoms with E-state index in [9.17, 15) is 4.57 Å². The predicted molar refractivity (Wildman–Crippen MR) is 58.8 cm³/mol. The third-order valence-electron chi connectivity index (χ3n) is 1.37. The SMILES string of the molecule is CCOP(=O)(OCC)N(OCCO)OCCO. The van der Waals surface area contributed by atoms with E-state index in [4.69, 9.17) is 28.9 Å². The summed E-state index contributed by atoms with van der Waals surface area (Å²) in [6, 6.07) is 0. The summed E-state index contributed by atoms with van der Waals surface area (Å²) >= 11 is 0. The van der Waals surface area contributed by atoms with Crippen molar-refractivity contribution in [2.45, 2.75) is 13.8 Å². The minimum absolute atomic E-state index is 0.129. The average molecular weight is 273 g/mol. The lowest BCUT2D eigenvalue weighted by molar-refractivity contribution is -0.320. The Hall–Kier alpha value is -0.0500. The monoisotopic (exact) mass is 273 g/mol. The lowest BCUT2D eigenvalue weighted by atomic mass is 10.8. The van der Waals surface area contributed by atoms with Gasteiger partial charge in [-0.1, -0.05) is 0 Å². The summed E-state index contributed by atoms with van der Waals surface area (Å²) in [4.78, 5) is 10.4. The van der Waals surface area contributed by atoms with Crippen LogP contribution in [0.3, 0.4) is 0 Å². The Balaban J connectivity index is 4.59. The minimum Gasteiger partial charge on any atom is -0.394 e. The van der Waals surface area contributed by atoms with Crippen LogP contribution in [0.25, 0.3) is 0 Å². The van der Waals surface area contributed by atoms with E-state index in [0.717, 1.165) is 0 Å². The van der Waals surface area contributed by atoms with Crippen molar-refractivity contribution in [3.05, 3.63) is 0 Å². The highest BCUT2D eigenvalue weighted by Crippen LogP contribution is 2.52. The Bertz CT molecular complexity index is 210. The second-order valence-corrected chi connectivity index (χ2v) is 4.44. The van der Waals surface area contributed by atoms with E-state index in [-0.39, 0.29) is 39.6 Å². The summed E-state index contributed by atoms with van der Waals surface area (Å²) in [6.07, 6.45) is 0. The van der Waals surface area contributed by atoms with E-state index < -0.39 is 7.75 Å². The summed E-state index contributed by atoms with van der Waals surface area (Å²) in [5, 5.41) is 17.3. The van der Waals surface area contributed by atoms with Gasteiger partial charge in [-0.2, -0.15) is 0 Å². The maximum atomic E-state index is 12.2. The van der Waals surface area contributed by atoms with Crippen molar-refractivity contribution in [1.82, 2.24) is 5.00 Å². The van der Waals surface area contributed by atoms with Gasteiger partial charge in [-0.25, -0.2) is 4.57 Å². The van der Waals surface area contributed by atoms with Gasteiger partial charge >= 0.3 is 7.75 Å². The van der Waals surface area contributed by atoms with E-state index in [0.29, 0.717) is 5.00 Å². The van der Waals surface area contributed by atoms with Crippen LogP contribution in [-0.2, 0) is 23.3 Å². The molecule has 0 heterocycles. The van der Waals surface area contributed by atoms with Crippen LogP contribution in [0.5, 0.6) is 0 Å². The molecule has 0 atom stereocenters. The molecule has 0 fully saturated rings. The molecule has 17 heavy (non-hydrogen) atoms. The molecule has 0 aromatic carbocycles. The first-order valence-corrected chi connectivity index (χ1v) is 6.81. The zero-order chi connectivity index (χ0) is 13.1. The van der Waals surface area contributed by atoms with Crippen LogP contribution in [-0.4, -0.2) is 54.9 Å². The fourth-order valence-electron chi connectivity index (χ4n) is 0.874. The van der Waals surface area contributed by atoms with E-state index in [1.165, 1.54) is 0 Å². The summed E-state index contributed by atoms with van der Waals surface area (Å²) in [7, 11) is -3.72. The maximum Gasteiger partial charge on any atom is 0.456 e. The number of hydrogen-bond acceptors (Lipinski definition) is 7. The molecule has 2 N–H and O–H groups in total. The van der Waals surface area contributed by atoms with Gasteiger partial charge in [-0.05, 0) is 13.8 Å². The third-order valence-corrected chi connectivity index (χ3v) is 3.17. The van der Waals surface area contributed by atoms with Gasteiger partial charge in [0.25, 0.3) is 0 Å². The van der Waals surface area contributed by atoms with Gasteiger partial charge < -0.3 is 10.2 Å². The van der Waals surface area contributed by atoms with Crippen molar-refractivity contribution in [2.24, 2.45) is 0 Å². The molecule has 0 saturated carbocycles. The maximum absolute atomic E-state index is 12.2. The lowest BCUT2D eigenvalue weighted by Gasteiger charge is -2.26. The molecule has 9 heteroatoms. The molecule has 0 saturated heterocycles. The van der Waals surface area contributed by atoms with Gasteiger partial charge in [0.05, 0.1) is 39.6 Å². The molecule has 0 aromatic heterocycles. The molecule has 104 valence electrons. The second kappa shape index (κ2) is 9.93. The van der Waals surface area contributed by atoms with Gasteiger partial charge in [0.2, 0.25) is 0 Å². The van der Waals surface area contributed by atoms with Crippen molar-refractivity contribution >= 4 is 7.75 Å². The topological polar surface area (TPSA) is 97.7 Å². The van der Waals surface area contributed by atoms with Gasteiger partial charge in [0, 0.05) is 5.00 Å². The first-order valence-electron chi connectivity index (χ1n) is 5.31. The van der Waals surface area contributed by atoms with Gasteiger partial charge in [-0.15, -0.1) is 0 Å². The van der Waals surface area contributed by atoms with Crippen LogP contribution < -0.4 is 0 Å². The fraction of sp³-hybridized carbons (Fsp3) is 1.00. The highest BCUT2D eigenvalue weighted by atomic mass is 31.2. The van der Waals surface area contributed by atoms with Crippen LogP contribution in [0, 0.1) is 0 Å². The van der Waals surface area contributed by atoms with Crippen molar-refractivity contribution in [1.29, 1.82) is 0 Å². The van der Waals surface area contributed by atoms with Crippen LogP contribution in [0.2, 0.25) is 0 Å². The lowest BCUT2D eigenvalue weighted by Crippen LogP contribution is -2.27. The number of hydrogen-bond donors (Lipinski definition) is 2. The van der Waals surface area contributed by atoms with E-state index in [1.54, 1.807) is 13.8 Å². The van der Waals surface area contributed by atoms with Gasteiger partial charge in [0.15, 0.2) is 0 Å². The Morgan fingerprint density at radius 3 is 1.71 bits per heavy atom. The quantitative estimate of drug-likeness (QED) is 0.410. The standard InChI is InChI=1S/C8H20NO7P/c1-3-15-17(12,16-4-2)9(13-7-5-10)14-8-6-11/h10-11H,3-8H2,1-2H3. The van der Waals surface area contributed by atoms with Crippen molar-refractivity contribution in [2.75, 3.05) is 39.6 Å². The van der Waals surface area contributed by atoms with Crippen LogP contribution in [0.4, 0.5) is 0 Å². The Kier molecular flexibility index (Phi) is 9.90. The van der Waals surface area contributed by atoms with E-state index >= 15 is 0 Å². The number of rotatable bonds is 11. The zero-order valence-corrected chi connectivity index (χ0v) is 11.0. The zero-order valence-electron chi connectivity index (χ0n) is 10.1. The van der Waals surface area contributed by atoms with Crippen LogP contribution >= 0.6 is 7.75 Å². The van der Waals surface area contributed by atoms with Crippen LogP contribution in [0.15, 0.2) is 0 Å². The first-order chi connectivity index (χ1) is 8.14. The molecule has 0 amide bonds. The molecule has 0 aliphatic rings. The normalized spacial score (nSPS) is 12.3. The molecule has 0 aliphatic carbocycles. The Morgan fingerprint density at radius 1 is 1.00 bits per heavy atom. The summed E-state index contributed by atoms with van der Waals surface area (Å²) in [6.45, 7) is 2.74. The van der Waals surface area contributed by atoms with Crippen molar-refractivity contribution < 1.29 is 33.5 Å². The Morgan fingerprint density at radius 2 is 1.41 bits per heavy atom.